The van der Waals surface area contributed by atoms with Crippen LogP contribution in [-0.4, -0.2) is 74.9 Å². The molecule has 71 heavy (non-hydrogen) atoms. The predicted octanol–water partition coefficient (Wildman–Crippen LogP) is 19.4. The van der Waals surface area contributed by atoms with Crippen molar-refractivity contribution in [2.45, 2.75) is 335 Å². The number of carbonyl (C=O) groups is 2. The van der Waals surface area contributed by atoms with Gasteiger partial charge in [-0.1, -0.05) is 303 Å². The number of likely N-dealkylation sites (N-methyl/N-ethyl adjacent to an activating group) is 1. The first-order valence-electron chi connectivity index (χ1n) is 31.3. The van der Waals surface area contributed by atoms with Gasteiger partial charge in [0.15, 0.2) is 6.10 Å². The van der Waals surface area contributed by atoms with E-state index in [4.69, 9.17) is 18.5 Å². The lowest BCUT2D eigenvalue weighted by atomic mass is 10.0. The highest BCUT2D eigenvalue weighted by molar-refractivity contribution is 7.47. The Labute approximate surface area is 442 Å². The fourth-order valence-electron chi connectivity index (χ4n) is 9.55. The topological polar surface area (TPSA) is 108 Å². The summed E-state index contributed by atoms with van der Waals surface area (Å²) in [6, 6.07) is 0. The molecule has 2 atom stereocenters. The molecule has 9 nitrogen and oxygen atoms in total. The van der Waals surface area contributed by atoms with Crippen LogP contribution in [0.4, 0.5) is 0 Å². The van der Waals surface area contributed by atoms with Crippen LogP contribution in [0.1, 0.15) is 328 Å². The molecular formula is C61H123NO8P+. The number of rotatable bonds is 59. The first kappa shape index (κ1) is 70.0. The van der Waals surface area contributed by atoms with Gasteiger partial charge in [0.2, 0.25) is 0 Å². The minimum Gasteiger partial charge on any atom is -0.462 e. The Bertz CT molecular complexity index is 1160. The van der Waals surface area contributed by atoms with Gasteiger partial charge < -0.3 is 18.9 Å². The maximum atomic E-state index is 12.8. The van der Waals surface area contributed by atoms with Crippen LogP contribution < -0.4 is 0 Å². The van der Waals surface area contributed by atoms with Crippen molar-refractivity contribution in [1.82, 2.24) is 0 Å². The highest BCUT2D eigenvalue weighted by Gasteiger charge is 2.27. The van der Waals surface area contributed by atoms with Gasteiger partial charge in [-0.3, -0.25) is 18.6 Å². The SMILES string of the molecule is CCCCCCCCCCCCCCCCCCCCCCCCCCCCCCCCCCCCCCC(=O)OC(COC(=O)CCCCCCCCCCCCC)COP(=O)(O)OCC[N+](C)(C)C. The van der Waals surface area contributed by atoms with E-state index in [0.717, 1.165) is 38.5 Å². The number of esters is 2. The van der Waals surface area contributed by atoms with E-state index in [2.05, 4.69) is 13.8 Å². The third-order valence-corrected chi connectivity index (χ3v) is 15.4. The van der Waals surface area contributed by atoms with Crippen LogP contribution in [0.25, 0.3) is 0 Å². The molecule has 0 aliphatic carbocycles. The molecule has 0 amide bonds. The van der Waals surface area contributed by atoms with Gasteiger partial charge in [0.25, 0.3) is 0 Å². The smallest absolute Gasteiger partial charge is 0.462 e. The van der Waals surface area contributed by atoms with Crippen LogP contribution in [0.2, 0.25) is 0 Å². The van der Waals surface area contributed by atoms with E-state index in [9.17, 15) is 19.0 Å². The Morgan fingerprint density at radius 2 is 0.634 bits per heavy atom. The number of phosphoric ester groups is 1. The number of ether oxygens (including phenoxy) is 2. The van der Waals surface area contributed by atoms with Crippen molar-refractivity contribution >= 4 is 19.8 Å². The average molecular weight is 1030 g/mol. The van der Waals surface area contributed by atoms with Crippen molar-refractivity contribution in [3.63, 3.8) is 0 Å². The Balaban J connectivity index is 3.84. The number of hydrogen-bond acceptors (Lipinski definition) is 7. The van der Waals surface area contributed by atoms with Crippen molar-refractivity contribution < 1.29 is 42.1 Å². The van der Waals surface area contributed by atoms with Crippen LogP contribution in [0.3, 0.4) is 0 Å². The summed E-state index contributed by atoms with van der Waals surface area (Å²) in [5, 5.41) is 0. The van der Waals surface area contributed by atoms with E-state index >= 15 is 0 Å². The summed E-state index contributed by atoms with van der Waals surface area (Å²) < 4.78 is 34.5. The maximum Gasteiger partial charge on any atom is 0.472 e. The van der Waals surface area contributed by atoms with Gasteiger partial charge in [-0.05, 0) is 12.8 Å². The Morgan fingerprint density at radius 1 is 0.380 bits per heavy atom. The number of carbonyl (C=O) groups excluding carboxylic acids is 2. The van der Waals surface area contributed by atoms with E-state index in [1.165, 1.54) is 263 Å². The Hall–Kier alpha value is -0.990. The molecule has 0 radical (unpaired) electrons. The van der Waals surface area contributed by atoms with Crippen LogP contribution in [0.5, 0.6) is 0 Å². The standard InChI is InChI=1S/C61H122NO8P/c1-6-8-10-12-14-16-18-19-20-21-22-23-24-25-26-27-28-29-30-31-32-33-34-35-36-37-38-39-40-41-42-44-46-48-50-52-54-61(64)70-59(58-69-71(65,66)68-56-55-62(3,4)5)57-67-60(63)53-51-49-47-45-43-17-15-13-11-9-7-2/h59H,6-58H2,1-5H3/p+1. The van der Waals surface area contributed by atoms with E-state index in [-0.39, 0.29) is 25.6 Å². The Kier molecular flexibility index (Phi) is 53.1. The van der Waals surface area contributed by atoms with Crippen LogP contribution in [0, 0.1) is 0 Å². The van der Waals surface area contributed by atoms with E-state index in [0.29, 0.717) is 17.4 Å². The number of phosphoric acid groups is 1. The monoisotopic (exact) mass is 1030 g/mol. The van der Waals surface area contributed by atoms with Crippen molar-refractivity contribution in [3.05, 3.63) is 0 Å². The van der Waals surface area contributed by atoms with Crippen molar-refractivity contribution in [1.29, 1.82) is 0 Å². The second kappa shape index (κ2) is 53.8. The van der Waals surface area contributed by atoms with Gasteiger partial charge in [-0.25, -0.2) is 4.57 Å². The molecule has 0 aliphatic rings. The third kappa shape index (κ3) is 58.1. The summed E-state index contributed by atoms with van der Waals surface area (Å²) in [6.45, 7) is 4.48. The minimum absolute atomic E-state index is 0.0371. The molecule has 0 heterocycles. The summed E-state index contributed by atoms with van der Waals surface area (Å²) in [7, 11) is 1.50. The zero-order valence-corrected chi connectivity index (χ0v) is 49.1. The second-order valence-electron chi connectivity index (χ2n) is 22.8. The van der Waals surface area contributed by atoms with Crippen LogP contribution in [-0.2, 0) is 32.7 Å². The maximum absolute atomic E-state index is 12.8. The quantitative estimate of drug-likeness (QED) is 0.0278. The van der Waals surface area contributed by atoms with Gasteiger partial charge in [0.1, 0.15) is 19.8 Å². The summed E-state index contributed by atoms with van der Waals surface area (Å²) in [5.74, 6) is -0.778. The molecule has 424 valence electrons. The molecule has 0 saturated heterocycles. The largest absolute Gasteiger partial charge is 0.472 e. The van der Waals surface area contributed by atoms with E-state index in [1.54, 1.807) is 0 Å². The van der Waals surface area contributed by atoms with Crippen molar-refractivity contribution in [2.24, 2.45) is 0 Å². The molecular weight excluding hydrogens is 906 g/mol. The van der Waals surface area contributed by atoms with E-state index in [1.807, 2.05) is 21.1 Å². The molecule has 0 bridgehead atoms. The third-order valence-electron chi connectivity index (χ3n) is 14.4. The van der Waals surface area contributed by atoms with E-state index < -0.39 is 26.5 Å². The molecule has 0 fully saturated rings. The van der Waals surface area contributed by atoms with Crippen molar-refractivity contribution in [2.75, 3.05) is 47.5 Å². The molecule has 0 aromatic heterocycles. The second-order valence-corrected chi connectivity index (χ2v) is 24.3. The Morgan fingerprint density at radius 3 is 0.901 bits per heavy atom. The number of quaternary nitrogens is 1. The van der Waals surface area contributed by atoms with Gasteiger partial charge in [0.05, 0.1) is 27.7 Å². The predicted molar refractivity (Wildman–Crippen MR) is 303 cm³/mol. The van der Waals surface area contributed by atoms with Gasteiger partial charge in [-0.15, -0.1) is 0 Å². The lowest BCUT2D eigenvalue weighted by molar-refractivity contribution is -0.870. The summed E-state index contributed by atoms with van der Waals surface area (Å²) in [6.07, 6.45) is 62.2. The van der Waals surface area contributed by atoms with Crippen LogP contribution in [0.15, 0.2) is 0 Å². The number of hydrogen-bond donors (Lipinski definition) is 1. The van der Waals surface area contributed by atoms with Gasteiger partial charge >= 0.3 is 19.8 Å². The highest BCUT2D eigenvalue weighted by Crippen LogP contribution is 2.43. The summed E-state index contributed by atoms with van der Waals surface area (Å²) in [5.41, 5.74) is 0. The molecule has 0 aliphatic heterocycles. The molecule has 0 rings (SSSR count). The first-order valence-corrected chi connectivity index (χ1v) is 32.8. The molecule has 1 N–H and O–H groups in total. The van der Waals surface area contributed by atoms with Crippen LogP contribution >= 0.6 is 7.82 Å². The minimum atomic E-state index is -4.37. The molecule has 0 saturated carbocycles. The lowest BCUT2D eigenvalue weighted by Gasteiger charge is -2.24. The first-order chi connectivity index (χ1) is 34.5. The molecule has 2 unspecified atom stereocenters. The number of nitrogens with zero attached hydrogens (tertiary/aromatic N) is 1. The average Bonchev–Trinajstić information content (AvgIpc) is 3.33. The van der Waals surface area contributed by atoms with Crippen molar-refractivity contribution in [3.8, 4) is 0 Å². The molecule has 0 spiro atoms. The zero-order chi connectivity index (χ0) is 52.0. The highest BCUT2D eigenvalue weighted by atomic mass is 31.2. The normalized spacial score (nSPS) is 13.2. The fraction of sp³-hybridized carbons (Fsp3) is 0.967. The van der Waals surface area contributed by atoms with Gasteiger partial charge in [0, 0.05) is 12.8 Å². The van der Waals surface area contributed by atoms with Gasteiger partial charge in [-0.2, -0.15) is 0 Å². The lowest BCUT2D eigenvalue weighted by Crippen LogP contribution is -2.37. The molecule has 10 heteroatoms. The molecule has 0 aromatic rings. The number of unbranched alkanes of at least 4 members (excludes halogenated alkanes) is 45. The fourth-order valence-corrected chi connectivity index (χ4v) is 10.3. The summed E-state index contributed by atoms with van der Waals surface area (Å²) >= 11 is 0. The molecule has 0 aromatic carbocycles. The zero-order valence-electron chi connectivity index (χ0n) is 48.3. The summed E-state index contributed by atoms with van der Waals surface area (Å²) in [4.78, 5) is 35.6.